The third-order valence-corrected chi connectivity index (χ3v) is 5.31. The van der Waals surface area contributed by atoms with E-state index in [1.54, 1.807) is 52.3 Å². The zero-order valence-electron chi connectivity index (χ0n) is 17.1. The predicted molar refractivity (Wildman–Crippen MR) is 117 cm³/mol. The van der Waals surface area contributed by atoms with Gasteiger partial charge < -0.3 is 14.2 Å². The molecule has 1 N–H and O–H groups in total. The van der Waals surface area contributed by atoms with Crippen molar-refractivity contribution in [3.05, 3.63) is 58.1 Å². The second-order valence-corrected chi connectivity index (χ2v) is 8.39. The lowest BCUT2D eigenvalue weighted by atomic mass is 10.1. The second kappa shape index (κ2) is 9.32. The number of amides is 1. The number of carbonyl (C=O) groups is 1. The van der Waals surface area contributed by atoms with Crippen LogP contribution in [0.1, 0.15) is 24.4 Å². The van der Waals surface area contributed by atoms with Crippen LogP contribution in [0.5, 0.6) is 17.2 Å². The molecule has 1 amide bonds. The summed E-state index contributed by atoms with van der Waals surface area (Å²) in [6, 6.07) is 12.5. The standard InChI is InChI=1S/C21H22ClN3O4S/c1-21(2,29-15-8-6-14(22)7-9-15)19(26)23-20-25-24-18(30-20)12-13-5-10-16(27-3)17(11-13)28-4/h5-11H,12H2,1-4H3,(H,23,25,26). The predicted octanol–water partition coefficient (Wildman–Crippen LogP) is 4.60. The summed E-state index contributed by atoms with van der Waals surface area (Å²) in [6.07, 6.45) is 0.554. The molecule has 0 aliphatic carbocycles. The summed E-state index contributed by atoms with van der Waals surface area (Å²) in [5, 5.41) is 12.8. The highest BCUT2D eigenvalue weighted by Crippen LogP contribution is 2.29. The molecule has 0 fully saturated rings. The van der Waals surface area contributed by atoms with E-state index in [9.17, 15) is 4.79 Å². The first-order valence-electron chi connectivity index (χ1n) is 9.10. The molecule has 0 aliphatic rings. The van der Waals surface area contributed by atoms with Crippen LogP contribution in [0.2, 0.25) is 5.02 Å². The van der Waals surface area contributed by atoms with Crippen LogP contribution in [-0.4, -0.2) is 35.9 Å². The molecule has 9 heteroatoms. The summed E-state index contributed by atoms with van der Waals surface area (Å²) in [5.74, 6) is 1.53. The van der Waals surface area contributed by atoms with Crippen LogP contribution in [0, 0.1) is 0 Å². The van der Waals surface area contributed by atoms with Gasteiger partial charge in [-0.05, 0) is 55.8 Å². The Morgan fingerprint density at radius 1 is 1.07 bits per heavy atom. The third-order valence-electron chi connectivity index (χ3n) is 4.22. The molecule has 0 radical (unpaired) electrons. The number of aromatic nitrogens is 2. The van der Waals surface area contributed by atoms with Gasteiger partial charge in [-0.15, -0.1) is 10.2 Å². The Morgan fingerprint density at radius 2 is 1.77 bits per heavy atom. The SMILES string of the molecule is COc1ccc(Cc2nnc(NC(=O)C(C)(C)Oc3ccc(Cl)cc3)s2)cc1OC. The normalized spacial score (nSPS) is 11.1. The van der Waals surface area contributed by atoms with E-state index in [1.165, 1.54) is 11.3 Å². The lowest BCUT2D eigenvalue weighted by molar-refractivity contribution is -0.128. The number of rotatable bonds is 8. The second-order valence-electron chi connectivity index (χ2n) is 6.89. The van der Waals surface area contributed by atoms with Crippen molar-refractivity contribution in [2.45, 2.75) is 25.9 Å². The number of benzene rings is 2. The molecule has 0 saturated carbocycles. The maximum atomic E-state index is 12.7. The van der Waals surface area contributed by atoms with Crippen molar-refractivity contribution in [2.24, 2.45) is 0 Å². The van der Waals surface area contributed by atoms with Crippen molar-refractivity contribution in [1.82, 2.24) is 10.2 Å². The van der Waals surface area contributed by atoms with Crippen molar-refractivity contribution >= 4 is 34.0 Å². The highest BCUT2D eigenvalue weighted by atomic mass is 35.5. The van der Waals surface area contributed by atoms with Gasteiger partial charge in [0.1, 0.15) is 10.8 Å². The molecule has 0 aliphatic heterocycles. The minimum atomic E-state index is -1.11. The molecular formula is C21H22ClN3O4S. The Bertz CT molecular complexity index is 1020. The van der Waals surface area contributed by atoms with Crippen LogP contribution in [0.3, 0.4) is 0 Å². The zero-order valence-corrected chi connectivity index (χ0v) is 18.6. The summed E-state index contributed by atoms with van der Waals surface area (Å²) in [7, 11) is 3.18. The fourth-order valence-corrected chi connectivity index (χ4v) is 3.53. The Kier molecular flexibility index (Phi) is 6.79. The number of halogens is 1. The molecule has 0 spiro atoms. The van der Waals surface area contributed by atoms with Crippen LogP contribution in [0.25, 0.3) is 0 Å². The highest BCUT2D eigenvalue weighted by Gasteiger charge is 2.31. The topological polar surface area (TPSA) is 82.6 Å². The summed E-state index contributed by atoms with van der Waals surface area (Å²) in [5.41, 5.74) is -0.115. The van der Waals surface area contributed by atoms with Crippen LogP contribution in [0.15, 0.2) is 42.5 Å². The van der Waals surface area contributed by atoms with Gasteiger partial charge in [-0.2, -0.15) is 0 Å². The molecule has 3 aromatic rings. The maximum absolute atomic E-state index is 12.7. The van der Waals surface area contributed by atoms with Crippen LogP contribution < -0.4 is 19.5 Å². The summed E-state index contributed by atoms with van der Waals surface area (Å²) >= 11 is 7.19. The number of hydrogen-bond acceptors (Lipinski definition) is 7. The molecule has 1 heterocycles. The van der Waals surface area contributed by atoms with Gasteiger partial charge in [0.05, 0.1) is 14.2 Å². The monoisotopic (exact) mass is 447 g/mol. The van der Waals surface area contributed by atoms with Gasteiger partial charge in [0.15, 0.2) is 17.1 Å². The fourth-order valence-electron chi connectivity index (χ4n) is 2.63. The van der Waals surface area contributed by atoms with Crippen molar-refractivity contribution in [1.29, 1.82) is 0 Å². The first-order chi connectivity index (χ1) is 14.3. The Morgan fingerprint density at radius 3 is 2.43 bits per heavy atom. The van der Waals surface area contributed by atoms with Crippen LogP contribution in [0.4, 0.5) is 5.13 Å². The van der Waals surface area contributed by atoms with E-state index in [1.807, 2.05) is 18.2 Å². The Hall–Kier alpha value is -2.84. The number of anilines is 1. The van der Waals surface area contributed by atoms with Crippen LogP contribution >= 0.6 is 22.9 Å². The van der Waals surface area contributed by atoms with Gasteiger partial charge in [0, 0.05) is 11.4 Å². The average molecular weight is 448 g/mol. The number of nitrogens with zero attached hydrogens (tertiary/aromatic N) is 2. The van der Waals surface area contributed by atoms with Gasteiger partial charge in [-0.3, -0.25) is 10.1 Å². The molecule has 3 rings (SSSR count). The largest absolute Gasteiger partial charge is 0.493 e. The highest BCUT2D eigenvalue weighted by molar-refractivity contribution is 7.15. The summed E-state index contributed by atoms with van der Waals surface area (Å²) in [4.78, 5) is 12.7. The maximum Gasteiger partial charge on any atom is 0.269 e. The smallest absolute Gasteiger partial charge is 0.269 e. The quantitative estimate of drug-likeness (QED) is 0.543. The first kappa shape index (κ1) is 21.9. The van der Waals surface area contributed by atoms with Gasteiger partial charge in [0.2, 0.25) is 5.13 Å². The van der Waals surface area contributed by atoms with E-state index in [2.05, 4.69) is 15.5 Å². The van der Waals surface area contributed by atoms with Gasteiger partial charge >= 0.3 is 0 Å². The minimum Gasteiger partial charge on any atom is -0.493 e. The lowest BCUT2D eigenvalue weighted by Crippen LogP contribution is -2.42. The van der Waals surface area contributed by atoms with Crippen molar-refractivity contribution in [3.8, 4) is 17.2 Å². The van der Waals surface area contributed by atoms with Crippen molar-refractivity contribution in [2.75, 3.05) is 19.5 Å². The number of nitrogens with one attached hydrogen (secondary N) is 1. The molecule has 0 bridgehead atoms. The number of hydrogen-bond donors (Lipinski definition) is 1. The molecule has 0 unspecified atom stereocenters. The van der Waals surface area contributed by atoms with Gasteiger partial charge in [-0.25, -0.2) is 0 Å². The van der Waals surface area contributed by atoms with Gasteiger partial charge in [-0.1, -0.05) is 29.0 Å². The average Bonchev–Trinajstić information content (AvgIpc) is 3.16. The van der Waals surface area contributed by atoms with E-state index in [-0.39, 0.29) is 5.91 Å². The molecule has 158 valence electrons. The fraction of sp³-hybridized carbons (Fsp3) is 0.286. The summed E-state index contributed by atoms with van der Waals surface area (Å²) in [6.45, 7) is 3.37. The first-order valence-corrected chi connectivity index (χ1v) is 10.3. The number of carbonyl (C=O) groups excluding carboxylic acids is 1. The van der Waals surface area contributed by atoms with E-state index in [0.29, 0.717) is 33.8 Å². The molecule has 1 aromatic heterocycles. The Balaban J connectivity index is 1.64. The van der Waals surface area contributed by atoms with E-state index in [4.69, 9.17) is 25.8 Å². The minimum absolute atomic E-state index is 0.328. The summed E-state index contributed by atoms with van der Waals surface area (Å²) < 4.78 is 16.4. The van der Waals surface area contributed by atoms with Gasteiger partial charge in [0.25, 0.3) is 5.91 Å². The number of methoxy groups -OCH3 is 2. The molecule has 0 saturated heterocycles. The van der Waals surface area contributed by atoms with Crippen molar-refractivity contribution in [3.63, 3.8) is 0 Å². The molecule has 2 aromatic carbocycles. The van der Waals surface area contributed by atoms with E-state index < -0.39 is 5.60 Å². The molecular weight excluding hydrogens is 426 g/mol. The zero-order chi connectivity index (χ0) is 21.7. The Labute approximate surface area is 184 Å². The molecule has 7 nitrogen and oxygen atoms in total. The molecule has 30 heavy (non-hydrogen) atoms. The van der Waals surface area contributed by atoms with Crippen LogP contribution in [-0.2, 0) is 11.2 Å². The molecule has 0 atom stereocenters. The number of ether oxygens (including phenoxy) is 3. The van der Waals surface area contributed by atoms with E-state index in [0.717, 1.165) is 10.6 Å². The van der Waals surface area contributed by atoms with Crippen molar-refractivity contribution < 1.29 is 19.0 Å². The lowest BCUT2D eigenvalue weighted by Gasteiger charge is -2.24. The van der Waals surface area contributed by atoms with E-state index >= 15 is 0 Å². The third kappa shape index (κ3) is 5.40.